The summed E-state index contributed by atoms with van der Waals surface area (Å²) in [5.41, 5.74) is 1.33. The van der Waals surface area contributed by atoms with Crippen molar-refractivity contribution in [3.8, 4) is 23.0 Å². The number of hydrogen-bond donors (Lipinski definition) is 2. The first kappa shape index (κ1) is 25.5. The third-order valence-corrected chi connectivity index (χ3v) is 5.79. The molecule has 7 nitrogen and oxygen atoms in total. The van der Waals surface area contributed by atoms with Crippen LogP contribution >= 0.6 is 23.8 Å². The van der Waals surface area contributed by atoms with E-state index in [1.54, 1.807) is 50.7 Å². The summed E-state index contributed by atoms with van der Waals surface area (Å²) in [7, 11) is 3.14. The molecule has 0 saturated heterocycles. The molecular weight excluding hydrogens is 474 g/mol. The van der Waals surface area contributed by atoms with Crippen LogP contribution in [0.5, 0.6) is 23.0 Å². The van der Waals surface area contributed by atoms with Crippen LogP contribution in [0, 0.1) is 5.92 Å². The van der Waals surface area contributed by atoms with Crippen LogP contribution in [0.15, 0.2) is 42.6 Å². The smallest absolute Gasteiger partial charge is 0.228 e. The van der Waals surface area contributed by atoms with Crippen molar-refractivity contribution in [2.75, 3.05) is 19.5 Å². The van der Waals surface area contributed by atoms with E-state index in [2.05, 4.69) is 22.5 Å². The average molecular weight is 502 g/mol. The van der Waals surface area contributed by atoms with Gasteiger partial charge in [0.2, 0.25) is 5.91 Å². The van der Waals surface area contributed by atoms with Crippen molar-refractivity contribution in [1.82, 2.24) is 10.3 Å². The van der Waals surface area contributed by atoms with Gasteiger partial charge in [0.05, 0.1) is 24.8 Å². The minimum atomic E-state index is -0.104. The zero-order valence-electron chi connectivity index (χ0n) is 19.6. The molecule has 1 atom stereocenters. The lowest BCUT2D eigenvalue weighted by Gasteiger charge is -2.15. The summed E-state index contributed by atoms with van der Waals surface area (Å²) in [6.07, 6.45) is 4.52. The molecule has 0 spiro atoms. The maximum atomic E-state index is 12.3. The van der Waals surface area contributed by atoms with E-state index in [1.807, 2.05) is 13.0 Å². The van der Waals surface area contributed by atoms with Gasteiger partial charge in [0.25, 0.3) is 0 Å². The van der Waals surface area contributed by atoms with Crippen molar-refractivity contribution in [3.05, 3.63) is 47.6 Å². The molecule has 0 aliphatic rings. The van der Waals surface area contributed by atoms with Crippen molar-refractivity contribution in [3.63, 3.8) is 0 Å². The molecular formula is C25H28ClN3O4S. The lowest BCUT2D eigenvalue weighted by molar-refractivity contribution is -0.123. The average Bonchev–Trinajstić information content (AvgIpc) is 2.83. The van der Waals surface area contributed by atoms with Crippen molar-refractivity contribution in [2.24, 2.45) is 5.92 Å². The summed E-state index contributed by atoms with van der Waals surface area (Å²) in [5.74, 6) is 1.96. The molecule has 0 bridgehead atoms. The molecule has 2 aromatic carbocycles. The van der Waals surface area contributed by atoms with Gasteiger partial charge < -0.3 is 24.8 Å². The number of carbonyl (C=O) groups excluding carboxylic acids is 1. The van der Waals surface area contributed by atoms with E-state index < -0.39 is 0 Å². The summed E-state index contributed by atoms with van der Waals surface area (Å²) in [6.45, 7) is 3.99. The fraction of sp³-hybridized carbons (Fsp3) is 0.320. The standard InChI is InChI=1S/C25H28ClN3O4S/c1-5-6-7-15(2)24(30)29-25(34)28-16-8-9-21(18(26)12-16)33-20-10-11-27-19-14-23(32-4)22(31-3)13-17(19)20/h8-15H,5-7H2,1-4H3,(H2,28,29,30,34). The van der Waals surface area contributed by atoms with Gasteiger partial charge in [0.15, 0.2) is 16.6 Å². The Morgan fingerprint density at radius 3 is 2.50 bits per heavy atom. The number of nitrogens with zero attached hydrogens (tertiary/aromatic N) is 1. The molecule has 3 aromatic rings. The Balaban J connectivity index is 1.73. The van der Waals surface area contributed by atoms with Crippen LogP contribution in [-0.4, -0.2) is 30.2 Å². The fourth-order valence-corrected chi connectivity index (χ4v) is 3.79. The van der Waals surface area contributed by atoms with Crippen molar-refractivity contribution >= 4 is 51.4 Å². The van der Waals surface area contributed by atoms with Gasteiger partial charge in [-0.3, -0.25) is 9.78 Å². The number of amides is 1. The lowest BCUT2D eigenvalue weighted by atomic mass is 10.0. The Morgan fingerprint density at radius 1 is 1.09 bits per heavy atom. The number of unbranched alkanes of at least 4 members (excludes halogenated alkanes) is 1. The van der Waals surface area contributed by atoms with Crippen molar-refractivity contribution < 1.29 is 19.0 Å². The van der Waals surface area contributed by atoms with Crippen molar-refractivity contribution in [2.45, 2.75) is 33.1 Å². The zero-order chi connectivity index (χ0) is 24.7. The predicted molar refractivity (Wildman–Crippen MR) is 139 cm³/mol. The number of thiocarbonyl (C=S) groups is 1. The van der Waals surface area contributed by atoms with Crippen LogP contribution in [0.1, 0.15) is 33.1 Å². The highest BCUT2D eigenvalue weighted by Crippen LogP contribution is 2.38. The normalized spacial score (nSPS) is 11.6. The molecule has 2 N–H and O–H groups in total. The highest BCUT2D eigenvalue weighted by atomic mass is 35.5. The topological polar surface area (TPSA) is 81.7 Å². The largest absolute Gasteiger partial charge is 0.493 e. The van der Waals surface area contributed by atoms with Gasteiger partial charge in [-0.25, -0.2) is 0 Å². The first-order valence-corrected chi connectivity index (χ1v) is 11.7. The van der Waals surface area contributed by atoms with E-state index >= 15 is 0 Å². The number of fused-ring (bicyclic) bond motifs is 1. The van der Waals surface area contributed by atoms with Crippen LogP contribution in [-0.2, 0) is 4.79 Å². The Morgan fingerprint density at radius 2 is 1.82 bits per heavy atom. The first-order valence-electron chi connectivity index (χ1n) is 11.0. The fourth-order valence-electron chi connectivity index (χ4n) is 3.36. The van der Waals surface area contributed by atoms with Crippen LogP contribution < -0.4 is 24.8 Å². The van der Waals surface area contributed by atoms with Crippen LogP contribution in [0.3, 0.4) is 0 Å². The third-order valence-electron chi connectivity index (χ3n) is 5.29. The number of ether oxygens (including phenoxy) is 3. The van der Waals surface area contributed by atoms with Gasteiger partial charge in [-0.15, -0.1) is 0 Å². The molecule has 0 aliphatic carbocycles. The minimum absolute atomic E-state index is 0.103. The van der Waals surface area contributed by atoms with Crippen LogP contribution in [0.2, 0.25) is 5.02 Å². The number of halogens is 1. The highest BCUT2D eigenvalue weighted by Gasteiger charge is 2.15. The monoisotopic (exact) mass is 501 g/mol. The SMILES string of the molecule is CCCCC(C)C(=O)NC(=S)Nc1ccc(Oc2ccnc3cc(OC)c(OC)cc23)c(Cl)c1. The molecule has 0 radical (unpaired) electrons. The Kier molecular flexibility index (Phi) is 8.90. The van der Waals surface area contributed by atoms with Gasteiger partial charge in [0, 0.05) is 29.3 Å². The second-order valence-electron chi connectivity index (χ2n) is 7.77. The van der Waals surface area contributed by atoms with Gasteiger partial charge in [-0.2, -0.15) is 0 Å². The number of methoxy groups -OCH3 is 2. The lowest BCUT2D eigenvalue weighted by Crippen LogP contribution is -2.37. The van der Waals surface area contributed by atoms with E-state index in [1.165, 1.54) is 0 Å². The third kappa shape index (κ3) is 6.27. The molecule has 9 heteroatoms. The summed E-state index contributed by atoms with van der Waals surface area (Å²) < 4.78 is 16.8. The number of pyridine rings is 1. The number of nitrogens with one attached hydrogen (secondary N) is 2. The summed E-state index contributed by atoms with van der Waals surface area (Å²) in [4.78, 5) is 16.6. The highest BCUT2D eigenvalue weighted by molar-refractivity contribution is 7.80. The van der Waals surface area contributed by atoms with Gasteiger partial charge in [-0.1, -0.05) is 38.3 Å². The van der Waals surface area contributed by atoms with E-state index in [-0.39, 0.29) is 16.9 Å². The summed E-state index contributed by atoms with van der Waals surface area (Å²) in [5, 5.41) is 7.07. The van der Waals surface area contributed by atoms with E-state index in [4.69, 9.17) is 38.0 Å². The Hall–Kier alpha value is -3.10. The maximum Gasteiger partial charge on any atom is 0.228 e. The molecule has 180 valence electrons. The number of carbonyl (C=O) groups is 1. The van der Waals surface area contributed by atoms with E-state index in [0.29, 0.717) is 39.2 Å². The molecule has 3 rings (SSSR count). The van der Waals surface area contributed by atoms with Gasteiger partial charge in [-0.05, 0) is 49.0 Å². The number of anilines is 1. The number of aromatic nitrogens is 1. The molecule has 34 heavy (non-hydrogen) atoms. The summed E-state index contributed by atoms with van der Waals surface area (Å²) in [6, 6.07) is 10.5. The van der Waals surface area contributed by atoms with Gasteiger partial charge in [0.1, 0.15) is 11.5 Å². The summed E-state index contributed by atoms with van der Waals surface area (Å²) >= 11 is 11.8. The minimum Gasteiger partial charge on any atom is -0.493 e. The van der Waals surface area contributed by atoms with Crippen LogP contribution in [0.25, 0.3) is 10.9 Å². The molecule has 0 fully saturated rings. The second-order valence-corrected chi connectivity index (χ2v) is 8.58. The second kappa shape index (κ2) is 11.9. The molecule has 0 saturated carbocycles. The molecule has 1 aromatic heterocycles. The van der Waals surface area contributed by atoms with E-state index in [0.717, 1.165) is 24.6 Å². The predicted octanol–water partition coefficient (Wildman–Crippen LogP) is 6.34. The molecule has 0 aliphatic heterocycles. The maximum absolute atomic E-state index is 12.3. The number of rotatable bonds is 9. The molecule has 1 heterocycles. The Labute approximate surface area is 209 Å². The molecule has 1 amide bonds. The van der Waals surface area contributed by atoms with Crippen LogP contribution in [0.4, 0.5) is 5.69 Å². The van der Waals surface area contributed by atoms with Crippen molar-refractivity contribution in [1.29, 1.82) is 0 Å². The molecule has 1 unspecified atom stereocenters. The van der Waals surface area contributed by atoms with E-state index in [9.17, 15) is 4.79 Å². The first-order chi connectivity index (χ1) is 16.4. The zero-order valence-corrected chi connectivity index (χ0v) is 21.2. The quantitative estimate of drug-likeness (QED) is 0.331. The number of benzene rings is 2. The Bertz CT molecular complexity index is 1190. The number of hydrogen-bond acceptors (Lipinski definition) is 6. The van der Waals surface area contributed by atoms with Gasteiger partial charge >= 0.3 is 0 Å².